The molecule has 20 rings (SSSR count). The molecule has 109 heavy (non-hydrogen) atoms. The molecule has 10 heteroatoms. The Morgan fingerprint density at radius 3 is 1.00 bits per heavy atom. The first-order chi connectivity index (χ1) is 56.3. The Morgan fingerprint density at radius 1 is 0.284 bits per heavy atom. The monoisotopic (exact) mass is 1430 g/mol. The van der Waals surface area contributed by atoms with Gasteiger partial charge in [0, 0.05) is 100 Å². The number of pyridine rings is 5. The first-order valence-electron chi connectivity index (χ1n) is 40.6. The summed E-state index contributed by atoms with van der Waals surface area (Å²) < 4.78 is 93.3. The molecule has 0 bridgehead atoms. The van der Waals surface area contributed by atoms with E-state index in [-0.39, 0.29) is 5.69 Å². The molecule has 0 saturated heterocycles. The van der Waals surface area contributed by atoms with Crippen LogP contribution in [-0.4, -0.2) is 24.9 Å². The van der Waals surface area contributed by atoms with Gasteiger partial charge in [0.2, 0.25) is 0 Å². The molecule has 0 aliphatic rings. The van der Waals surface area contributed by atoms with E-state index in [1.54, 1.807) is 24.4 Å². The van der Waals surface area contributed by atoms with Gasteiger partial charge < -0.3 is 22.1 Å². The zero-order valence-corrected chi connectivity index (χ0v) is 61.7. The van der Waals surface area contributed by atoms with Gasteiger partial charge in [-0.3, -0.25) is 4.98 Å². The molecule has 10 aromatic heterocycles. The number of fused-ring (bicyclic) bond motifs is 15. The second-order valence-electron chi connectivity index (χ2n) is 27.9. The molecule has 10 aromatic carbocycles. The van der Waals surface area contributed by atoms with E-state index in [2.05, 4.69) is 165 Å². The van der Waals surface area contributed by atoms with Crippen molar-refractivity contribution >= 4 is 110 Å². The van der Waals surface area contributed by atoms with Gasteiger partial charge in [0.05, 0.1) is 0 Å². The predicted molar refractivity (Wildman–Crippen MR) is 451 cm³/mol. The highest BCUT2D eigenvalue weighted by atomic mass is 16.3. The molecule has 2 unspecified atom stereocenters. The van der Waals surface area contributed by atoms with Crippen molar-refractivity contribution in [2.45, 2.75) is 92.7 Å². The minimum Gasteiger partial charge on any atom is -0.454 e. The number of hydrogen-bond acceptors (Lipinski definition) is 10. The minimum atomic E-state index is -2.48. The molecule has 0 spiro atoms. The number of furan rings is 5. The quantitative estimate of drug-likeness (QED) is 0.138. The lowest BCUT2D eigenvalue weighted by atomic mass is 10.0. The van der Waals surface area contributed by atoms with Crippen LogP contribution in [0.4, 0.5) is 0 Å². The maximum absolute atomic E-state index is 8.44. The number of para-hydroxylation sites is 5. The molecule has 0 N–H and O–H groups in total. The molecule has 10 nitrogen and oxygen atoms in total. The van der Waals surface area contributed by atoms with Crippen molar-refractivity contribution in [2.75, 3.05) is 0 Å². The van der Waals surface area contributed by atoms with E-state index in [9.17, 15) is 0 Å². The summed E-state index contributed by atoms with van der Waals surface area (Å²) in [5.41, 5.74) is 27.3. The number of rotatable bonds is 9. The van der Waals surface area contributed by atoms with Crippen LogP contribution in [0.1, 0.15) is 124 Å². The van der Waals surface area contributed by atoms with Crippen LogP contribution in [-0.2, 0) is 0 Å². The average molecular weight is 1430 g/mol. The van der Waals surface area contributed by atoms with E-state index >= 15 is 0 Å². The normalized spacial score (nSPS) is 13.9. The van der Waals surface area contributed by atoms with Gasteiger partial charge in [0.1, 0.15) is 55.5 Å². The predicted octanol–water partition coefficient (Wildman–Crippen LogP) is 28.4. The van der Waals surface area contributed by atoms with Gasteiger partial charge in [-0.2, -0.15) is 0 Å². The third-order valence-electron chi connectivity index (χ3n) is 19.6. The summed E-state index contributed by atoms with van der Waals surface area (Å²) in [6.45, 7) is 10.6. The van der Waals surface area contributed by atoms with Crippen molar-refractivity contribution < 1.29 is 33.1 Å². The molecule has 2 atom stereocenters. The van der Waals surface area contributed by atoms with Crippen LogP contribution >= 0.6 is 0 Å². The smallest absolute Gasteiger partial charge is 0.157 e. The Bertz CT molecular complexity index is 7020. The van der Waals surface area contributed by atoms with Crippen molar-refractivity contribution in [1.82, 2.24) is 24.9 Å². The molecule has 0 fully saturated rings. The topological polar surface area (TPSA) is 130 Å². The van der Waals surface area contributed by atoms with Gasteiger partial charge in [-0.1, -0.05) is 267 Å². The lowest BCUT2D eigenvalue weighted by Crippen LogP contribution is -1.91. The molecule has 0 aliphatic heterocycles. The van der Waals surface area contributed by atoms with Crippen LogP contribution in [0.3, 0.4) is 0 Å². The minimum absolute atomic E-state index is 0.206. The van der Waals surface area contributed by atoms with Crippen molar-refractivity contribution in [3.8, 4) is 55.6 Å². The zero-order valence-electron chi connectivity index (χ0n) is 69.7. The largest absolute Gasteiger partial charge is 0.454 e. The molecule has 0 saturated carbocycles. The van der Waals surface area contributed by atoms with Gasteiger partial charge in [0.15, 0.2) is 27.9 Å². The van der Waals surface area contributed by atoms with Crippen molar-refractivity contribution in [3.05, 3.63) is 331 Å². The Kier molecular flexibility index (Phi) is 17.1. The molecule has 20 aromatic rings. The number of aryl methyl sites for hydroxylation is 2. The first-order valence-corrected chi connectivity index (χ1v) is 36.6. The third-order valence-corrected chi connectivity index (χ3v) is 19.6. The standard InChI is InChI=1S/C21H19NO.3C20H17NO.C18H13NO/c1-13(2)18-10-11-19-20(22-18)17-9-5-8-16(21(17)23-19)15-7-4-6-14(3)12-15;1-13(2)15-11-12-21-18-17-10-6-9-16(19(17)22-20(15)18)14-7-4-3-5-8-14;2*1-13(2)17-11-12-18-19(21-17)16-10-6-9-15(20(16)22-18)14-7-4-3-5-8-14;1-12-10-11-16-17(19-12)15-9-5-8-14(18(15)20-16)13-6-3-2-4-7-13/h4-13H,1-3H3;3*3-13H,1-2H3;2-11H,1H3/i;2*1D3,13D;;. The summed E-state index contributed by atoms with van der Waals surface area (Å²) in [6, 6.07) is 96.3. The Hall–Kier alpha value is -13.1. The van der Waals surface area contributed by atoms with Gasteiger partial charge in [-0.15, -0.1) is 0 Å². The highest BCUT2D eigenvalue weighted by molar-refractivity contribution is 6.12. The molecule has 10 heterocycles. The second kappa shape index (κ2) is 30.4. The fraction of sp³-hybridized carbons (Fsp3) is 0.141. The van der Waals surface area contributed by atoms with E-state index in [1.807, 2.05) is 165 Å². The van der Waals surface area contributed by atoms with Crippen LogP contribution in [0.25, 0.3) is 166 Å². The number of benzene rings is 10. The van der Waals surface area contributed by atoms with Crippen LogP contribution < -0.4 is 0 Å². The molecular weight excluding hydrogens is 1340 g/mol. The Morgan fingerprint density at radius 2 is 0.615 bits per heavy atom. The number of nitrogens with zero attached hydrogens (tertiary/aromatic N) is 5. The summed E-state index contributed by atoms with van der Waals surface area (Å²) in [7, 11) is 0. The summed E-state index contributed by atoms with van der Waals surface area (Å²) in [6.07, 6.45) is 1.54. The highest BCUT2D eigenvalue weighted by Gasteiger charge is 2.21. The molecule has 0 amide bonds. The van der Waals surface area contributed by atoms with Gasteiger partial charge >= 0.3 is 0 Å². The lowest BCUT2D eigenvalue weighted by molar-refractivity contribution is 0.657. The maximum atomic E-state index is 8.44. The van der Waals surface area contributed by atoms with Crippen molar-refractivity contribution in [1.29, 1.82) is 0 Å². The second-order valence-corrected chi connectivity index (χ2v) is 27.9. The molecule has 534 valence electrons. The van der Waals surface area contributed by atoms with Crippen LogP contribution in [0, 0.1) is 13.8 Å². The van der Waals surface area contributed by atoms with Gasteiger partial charge in [0.25, 0.3) is 0 Å². The fourth-order valence-electron chi connectivity index (χ4n) is 14.0. The fourth-order valence-corrected chi connectivity index (χ4v) is 14.0. The van der Waals surface area contributed by atoms with Gasteiger partial charge in [-0.05, 0) is 150 Å². The van der Waals surface area contributed by atoms with Gasteiger partial charge in [-0.25, -0.2) is 19.9 Å². The van der Waals surface area contributed by atoms with E-state index in [1.165, 1.54) is 25.0 Å². The maximum Gasteiger partial charge on any atom is 0.157 e. The summed E-state index contributed by atoms with van der Waals surface area (Å²) in [5.74, 6) is -2.77. The molecular formula is C99H83N5O5. The van der Waals surface area contributed by atoms with Crippen molar-refractivity contribution in [2.24, 2.45) is 0 Å². The Labute approximate surface area is 644 Å². The van der Waals surface area contributed by atoms with Crippen molar-refractivity contribution in [3.63, 3.8) is 0 Å². The first kappa shape index (κ1) is 61.1. The third kappa shape index (κ3) is 14.1. The summed E-state index contributed by atoms with van der Waals surface area (Å²) in [4.78, 5) is 23.1. The Balaban J connectivity index is 0.000000110. The molecule has 0 aliphatic carbocycles. The summed E-state index contributed by atoms with van der Waals surface area (Å²) >= 11 is 0. The van der Waals surface area contributed by atoms with E-state index in [0.29, 0.717) is 50.8 Å². The van der Waals surface area contributed by atoms with E-state index in [0.717, 1.165) is 144 Å². The highest BCUT2D eigenvalue weighted by Crippen LogP contribution is 2.42. The number of hydrogen-bond donors (Lipinski definition) is 0. The van der Waals surface area contributed by atoms with E-state index < -0.39 is 25.5 Å². The lowest BCUT2D eigenvalue weighted by Gasteiger charge is -2.04. The van der Waals surface area contributed by atoms with Crippen LogP contribution in [0.5, 0.6) is 0 Å². The SMILES string of the molecule is CC(C)c1ccc2oc3c(-c4ccccc4)cccc3c2n1.Cc1ccc2oc3c(-c4ccccc4)cccc3c2n1.Cc1cccc(-c2cccc3c2oc2ccc(C(C)C)nc23)c1.[2H]C([2H])([2H])C([2H])(C)c1ccc2oc3c(-c4ccccc4)cccc3c2n1.[2H]C([2H])([2H])C([2H])(C)c1ccnc2c1oc1c(-c3ccccc3)cccc12. The van der Waals surface area contributed by atoms with Crippen LogP contribution in [0.2, 0.25) is 0 Å². The zero-order chi connectivity index (χ0) is 81.7. The average Bonchev–Trinajstić information content (AvgIpc) is 1.62. The summed E-state index contributed by atoms with van der Waals surface area (Å²) in [5, 5.41) is 4.86. The number of aromatic nitrogens is 5. The van der Waals surface area contributed by atoms with Crippen LogP contribution in [0.15, 0.2) is 319 Å². The van der Waals surface area contributed by atoms with E-state index in [4.69, 9.17) is 43.0 Å². The molecule has 0 radical (unpaired) electrons.